The second kappa shape index (κ2) is 9.20. The van der Waals surface area contributed by atoms with Crippen molar-refractivity contribution in [3.05, 3.63) is 131 Å². The van der Waals surface area contributed by atoms with E-state index in [1.807, 2.05) is 54.6 Å². The molecule has 1 fully saturated rings. The van der Waals surface area contributed by atoms with Crippen molar-refractivity contribution in [2.75, 3.05) is 10.2 Å². The average molecular weight is 531 g/mol. The van der Waals surface area contributed by atoms with Gasteiger partial charge in [-0.1, -0.05) is 60.7 Å². The number of amides is 4. The highest BCUT2D eigenvalue weighted by atomic mass is 19.1. The summed E-state index contributed by atoms with van der Waals surface area (Å²) in [5, 5.41) is 3.76. The van der Waals surface area contributed by atoms with E-state index in [9.17, 15) is 18.8 Å². The summed E-state index contributed by atoms with van der Waals surface area (Å²) in [6.45, 7) is 0. The number of aromatic nitrogens is 1. The van der Waals surface area contributed by atoms with E-state index in [-0.39, 0.29) is 17.2 Å². The molecule has 0 bridgehead atoms. The Morgan fingerprint density at radius 3 is 2.35 bits per heavy atom. The molecule has 8 heteroatoms. The predicted octanol–water partition coefficient (Wildman–Crippen LogP) is 6.04. The first-order chi connectivity index (χ1) is 19.5. The van der Waals surface area contributed by atoms with E-state index < -0.39 is 29.8 Å². The molecule has 2 aliphatic heterocycles. The van der Waals surface area contributed by atoms with Gasteiger partial charge < -0.3 is 10.3 Å². The Morgan fingerprint density at radius 2 is 1.55 bits per heavy atom. The number of imide groups is 1. The largest absolute Gasteiger partial charge is 0.356 e. The van der Waals surface area contributed by atoms with Gasteiger partial charge in [0.15, 0.2) is 0 Å². The van der Waals surface area contributed by atoms with Crippen molar-refractivity contribution in [1.82, 2.24) is 9.88 Å². The maximum atomic E-state index is 14.2. The lowest BCUT2D eigenvalue weighted by Crippen LogP contribution is -2.44. The summed E-state index contributed by atoms with van der Waals surface area (Å²) >= 11 is 0. The molecule has 7 rings (SSSR count). The minimum atomic E-state index is -0.738. The van der Waals surface area contributed by atoms with Gasteiger partial charge in [-0.05, 0) is 53.6 Å². The van der Waals surface area contributed by atoms with Crippen LogP contribution in [-0.2, 0) is 11.2 Å². The maximum absolute atomic E-state index is 14.2. The van der Waals surface area contributed by atoms with Crippen molar-refractivity contribution < 1.29 is 18.8 Å². The minimum Gasteiger partial charge on any atom is -0.356 e. The number of carbonyl (C=O) groups is 3. The summed E-state index contributed by atoms with van der Waals surface area (Å²) in [6.07, 6.45) is 0.355. The number of aromatic amines is 1. The van der Waals surface area contributed by atoms with Crippen molar-refractivity contribution >= 4 is 40.1 Å². The summed E-state index contributed by atoms with van der Waals surface area (Å²) in [4.78, 5) is 47.8. The van der Waals surface area contributed by atoms with Gasteiger partial charge >= 0.3 is 6.03 Å². The van der Waals surface area contributed by atoms with Gasteiger partial charge in [-0.15, -0.1) is 0 Å². The third-order valence-corrected chi connectivity index (χ3v) is 7.66. The number of para-hydroxylation sites is 2. The van der Waals surface area contributed by atoms with Gasteiger partial charge in [0.1, 0.15) is 17.9 Å². The van der Waals surface area contributed by atoms with Crippen molar-refractivity contribution in [2.24, 2.45) is 0 Å². The number of H-pyrrole nitrogens is 1. The lowest BCUT2D eigenvalue weighted by atomic mass is 9.89. The van der Waals surface area contributed by atoms with Crippen LogP contribution in [0.1, 0.15) is 33.2 Å². The van der Waals surface area contributed by atoms with Crippen LogP contribution in [0.4, 0.5) is 20.6 Å². The molecule has 7 nitrogen and oxygen atoms in total. The molecule has 1 aromatic heterocycles. The first kappa shape index (κ1) is 23.8. The van der Waals surface area contributed by atoms with Gasteiger partial charge in [-0.25, -0.2) is 14.1 Å². The van der Waals surface area contributed by atoms with Crippen molar-refractivity contribution in [3.8, 4) is 0 Å². The van der Waals surface area contributed by atoms with E-state index in [1.54, 1.807) is 29.2 Å². The number of anilines is 2. The molecule has 5 aromatic rings. The van der Waals surface area contributed by atoms with E-state index in [0.717, 1.165) is 32.6 Å². The number of carbonyl (C=O) groups excluding carboxylic acids is 3. The fraction of sp³-hybridized carbons (Fsp3) is 0.0938. The van der Waals surface area contributed by atoms with Crippen LogP contribution in [0.15, 0.2) is 103 Å². The van der Waals surface area contributed by atoms with Gasteiger partial charge in [0.05, 0.1) is 11.3 Å². The number of fused-ring (bicyclic) bond motifs is 4. The van der Waals surface area contributed by atoms with Crippen LogP contribution in [0.25, 0.3) is 10.9 Å². The molecule has 4 amide bonds. The summed E-state index contributed by atoms with van der Waals surface area (Å²) in [5.41, 5.74) is 4.48. The van der Waals surface area contributed by atoms with Crippen LogP contribution in [0.5, 0.6) is 0 Å². The minimum absolute atomic E-state index is 0.161. The van der Waals surface area contributed by atoms with Gasteiger partial charge in [0.2, 0.25) is 0 Å². The van der Waals surface area contributed by atoms with E-state index in [4.69, 9.17) is 0 Å². The van der Waals surface area contributed by atoms with E-state index in [1.165, 1.54) is 24.3 Å². The topological polar surface area (TPSA) is 85.5 Å². The highest BCUT2D eigenvalue weighted by Gasteiger charge is 2.53. The number of hydrogen-bond donors (Lipinski definition) is 2. The molecule has 2 N–H and O–H groups in total. The van der Waals surface area contributed by atoms with Crippen LogP contribution in [0.2, 0.25) is 0 Å². The van der Waals surface area contributed by atoms with Crippen LogP contribution in [0.3, 0.4) is 0 Å². The summed E-state index contributed by atoms with van der Waals surface area (Å²) in [5.74, 6) is -1.32. The normalized spacial score (nSPS) is 18.1. The molecule has 2 atom stereocenters. The Labute approximate surface area is 228 Å². The standard InChI is InChI=1S/C32H23FN4O3/c33-20-14-16-21(17-15-20)34-30(38)23-11-5-7-13-26(23)37-31(39)27-18-24-22-10-4-6-12-25(22)35-28(24)29(36(27)32(37)40)19-8-2-1-3-9-19/h1-17,27,29,35H,18H2,(H,34,38)/t27-,29-/m0/s1. The van der Waals surface area contributed by atoms with Gasteiger partial charge in [0, 0.05) is 28.7 Å². The zero-order valence-electron chi connectivity index (χ0n) is 21.2. The fourth-order valence-electron chi connectivity index (χ4n) is 5.87. The van der Waals surface area contributed by atoms with Crippen LogP contribution in [0, 0.1) is 5.82 Å². The molecule has 1 saturated heterocycles. The number of benzene rings is 4. The molecule has 4 aromatic carbocycles. The molecular formula is C32H23FN4O3. The number of nitrogens with zero attached hydrogens (tertiary/aromatic N) is 2. The third kappa shape index (κ3) is 3.68. The van der Waals surface area contributed by atoms with Gasteiger partial charge in [-0.3, -0.25) is 14.5 Å². The predicted molar refractivity (Wildman–Crippen MR) is 150 cm³/mol. The molecule has 0 saturated carbocycles. The smallest absolute Gasteiger partial charge is 0.332 e. The first-order valence-electron chi connectivity index (χ1n) is 13.0. The second-order valence-electron chi connectivity index (χ2n) is 9.94. The lowest BCUT2D eigenvalue weighted by molar-refractivity contribution is -0.120. The van der Waals surface area contributed by atoms with Crippen LogP contribution < -0.4 is 10.2 Å². The lowest BCUT2D eigenvalue weighted by Gasteiger charge is -2.36. The van der Waals surface area contributed by atoms with E-state index in [2.05, 4.69) is 10.3 Å². The van der Waals surface area contributed by atoms with E-state index >= 15 is 0 Å². The Hall–Kier alpha value is -5.24. The van der Waals surface area contributed by atoms with Gasteiger partial charge in [-0.2, -0.15) is 0 Å². The number of urea groups is 1. The van der Waals surface area contributed by atoms with Crippen molar-refractivity contribution in [1.29, 1.82) is 0 Å². The molecule has 3 heterocycles. The Bertz CT molecular complexity index is 1800. The highest BCUT2D eigenvalue weighted by molar-refractivity contribution is 6.24. The molecule has 196 valence electrons. The van der Waals surface area contributed by atoms with Crippen LogP contribution >= 0.6 is 0 Å². The first-order valence-corrected chi connectivity index (χ1v) is 13.0. The molecule has 0 unspecified atom stereocenters. The number of rotatable bonds is 4. The number of hydrogen-bond acceptors (Lipinski definition) is 3. The van der Waals surface area contributed by atoms with Crippen molar-refractivity contribution in [2.45, 2.75) is 18.5 Å². The molecular weight excluding hydrogens is 507 g/mol. The Balaban J connectivity index is 1.31. The van der Waals surface area contributed by atoms with E-state index in [0.29, 0.717) is 12.1 Å². The number of halogens is 1. The summed E-state index contributed by atoms with van der Waals surface area (Å²) < 4.78 is 13.4. The fourth-order valence-corrected chi connectivity index (χ4v) is 5.87. The molecule has 40 heavy (non-hydrogen) atoms. The third-order valence-electron chi connectivity index (χ3n) is 7.66. The van der Waals surface area contributed by atoms with Crippen LogP contribution in [-0.4, -0.2) is 33.8 Å². The second-order valence-corrected chi connectivity index (χ2v) is 9.94. The average Bonchev–Trinajstić information content (AvgIpc) is 3.47. The molecule has 2 aliphatic rings. The zero-order valence-corrected chi connectivity index (χ0v) is 21.2. The van der Waals surface area contributed by atoms with Gasteiger partial charge in [0.25, 0.3) is 11.8 Å². The quantitative estimate of drug-likeness (QED) is 0.278. The Kier molecular flexibility index (Phi) is 5.48. The molecule has 0 radical (unpaired) electrons. The Morgan fingerprint density at radius 1 is 0.850 bits per heavy atom. The molecule has 0 aliphatic carbocycles. The summed E-state index contributed by atoms with van der Waals surface area (Å²) in [7, 11) is 0. The number of nitrogens with one attached hydrogen (secondary N) is 2. The van der Waals surface area contributed by atoms with Crippen molar-refractivity contribution in [3.63, 3.8) is 0 Å². The maximum Gasteiger partial charge on any atom is 0.332 e. The SMILES string of the molecule is O=C(Nc1ccc(F)cc1)c1ccccc1N1C(=O)[C@@H]2Cc3c([nH]c4ccccc34)[C@H](c3ccccc3)N2C1=O. The summed E-state index contributed by atoms with van der Waals surface area (Å²) in [6, 6.07) is 27.7. The molecule has 0 spiro atoms. The highest BCUT2D eigenvalue weighted by Crippen LogP contribution is 2.45. The zero-order chi connectivity index (χ0) is 27.4. The monoisotopic (exact) mass is 530 g/mol.